The van der Waals surface area contributed by atoms with E-state index in [2.05, 4.69) is 4.74 Å². The fourth-order valence-electron chi connectivity index (χ4n) is 1.60. The molecule has 9 heteroatoms. The van der Waals surface area contributed by atoms with Gasteiger partial charge in [0.1, 0.15) is 0 Å². The third kappa shape index (κ3) is 4.63. The second-order valence-corrected chi connectivity index (χ2v) is 6.17. The number of alkyl halides is 2. The molecule has 0 fully saturated rings. The maximum Gasteiger partial charge on any atom is 0.405 e. The van der Waals surface area contributed by atoms with Crippen molar-refractivity contribution in [3.8, 4) is 0 Å². The van der Waals surface area contributed by atoms with E-state index in [9.17, 15) is 22.0 Å². The summed E-state index contributed by atoms with van der Waals surface area (Å²) in [5.74, 6) is -0.987. The van der Waals surface area contributed by atoms with Gasteiger partial charge in [-0.1, -0.05) is 18.2 Å². The average Bonchev–Trinajstić information content (AvgIpc) is 2.44. The molecule has 0 aliphatic rings. The lowest BCUT2D eigenvalue weighted by Gasteiger charge is -2.22. The van der Waals surface area contributed by atoms with Gasteiger partial charge in [0, 0.05) is 19.3 Å². The van der Waals surface area contributed by atoms with Crippen molar-refractivity contribution in [1.29, 1.82) is 0 Å². The number of hydrogen-bond acceptors (Lipinski definition) is 5. The zero-order valence-corrected chi connectivity index (χ0v) is 12.9. The van der Waals surface area contributed by atoms with Crippen LogP contribution in [0.5, 0.6) is 0 Å². The Morgan fingerprint density at radius 1 is 1.36 bits per heavy atom. The summed E-state index contributed by atoms with van der Waals surface area (Å²) in [7, 11) is -3.94. The molecule has 0 aliphatic carbocycles. The lowest BCUT2D eigenvalue weighted by atomic mass is 10.3. The van der Waals surface area contributed by atoms with Crippen LogP contribution in [0.4, 0.5) is 14.5 Å². The summed E-state index contributed by atoms with van der Waals surface area (Å²) in [4.78, 5) is 13.2. The van der Waals surface area contributed by atoms with Crippen molar-refractivity contribution >= 4 is 21.8 Å². The van der Waals surface area contributed by atoms with Crippen LogP contribution in [0, 0.1) is 0 Å². The van der Waals surface area contributed by atoms with Crippen molar-refractivity contribution in [2.75, 3.05) is 18.5 Å². The number of halogens is 2. The monoisotopic (exact) mass is 337 g/mol. The number of nitrogens with zero attached hydrogens (tertiary/aromatic N) is 1. The zero-order chi connectivity index (χ0) is 17.0. The maximum absolute atomic E-state index is 13.2. The van der Waals surface area contributed by atoms with E-state index in [4.69, 9.17) is 4.55 Å². The highest BCUT2D eigenvalue weighted by molar-refractivity contribution is 7.86. The van der Waals surface area contributed by atoms with Gasteiger partial charge in [0.25, 0.3) is 0 Å². The Morgan fingerprint density at radius 2 is 1.91 bits per heavy atom. The molecule has 1 aromatic carbocycles. The molecule has 0 saturated heterocycles. The number of hydrogen-bond donors (Lipinski definition) is 1. The van der Waals surface area contributed by atoms with Gasteiger partial charge in [-0.25, -0.2) is 0 Å². The molecule has 124 valence electrons. The number of ether oxygens (including phenoxy) is 1. The van der Waals surface area contributed by atoms with Crippen molar-refractivity contribution in [2.45, 2.75) is 24.7 Å². The molecule has 0 amide bonds. The first-order valence-electron chi connectivity index (χ1n) is 6.36. The minimum atomic E-state index is -5.64. The molecule has 1 aromatic rings. The Morgan fingerprint density at radius 3 is 2.41 bits per heavy atom. The normalized spacial score (nSPS) is 13.5. The zero-order valence-electron chi connectivity index (χ0n) is 12.1. The van der Waals surface area contributed by atoms with Crippen LogP contribution < -0.4 is 4.90 Å². The number of benzene rings is 1. The average molecular weight is 337 g/mol. The molecule has 0 radical (unpaired) electrons. The highest BCUT2D eigenvalue weighted by atomic mass is 32.2. The summed E-state index contributed by atoms with van der Waals surface area (Å²) in [6, 6.07) is 9.05. The molecule has 1 rings (SSSR count). The minimum absolute atomic E-state index is 0.201. The smallest absolute Gasteiger partial charge is 0.405 e. The molecule has 0 heterocycles. The van der Waals surface area contributed by atoms with Gasteiger partial charge < -0.3 is 9.64 Å². The number of esters is 1. The summed E-state index contributed by atoms with van der Waals surface area (Å²) < 4.78 is 60.3. The summed E-state index contributed by atoms with van der Waals surface area (Å²) in [6.07, 6.45) is -2.49. The van der Waals surface area contributed by atoms with Gasteiger partial charge >= 0.3 is 21.3 Å². The van der Waals surface area contributed by atoms with Crippen LogP contribution in [-0.4, -0.2) is 43.9 Å². The lowest BCUT2D eigenvalue weighted by molar-refractivity contribution is -0.159. The van der Waals surface area contributed by atoms with Gasteiger partial charge in [0.2, 0.25) is 0 Å². The molecule has 0 saturated carbocycles. The number of para-hydroxylation sites is 1. The first-order chi connectivity index (χ1) is 10.1. The van der Waals surface area contributed by atoms with Crippen molar-refractivity contribution in [1.82, 2.24) is 0 Å². The molecule has 0 aliphatic heterocycles. The van der Waals surface area contributed by atoms with Gasteiger partial charge in [-0.3, -0.25) is 9.35 Å². The Kier molecular flexibility index (Phi) is 5.84. The van der Waals surface area contributed by atoms with Gasteiger partial charge in [0.05, 0.1) is 6.42 Å². The number of rotatable bonds is 7. The molecule has 0 spiro atoms. The molecule has 1 N–H and O–H groups in total. The molecule has 1 unspecified atom stereocenters. The van der Waals surface area contributed by atoms with Gasteiger partial charge in [-0.15, -0.1) is 0 Å². The quantitative estimate of drug-likeness (QED) is 0.604. The van der Waals surface area contributed by atoms with E-state index in [1.807, 2.05) is 6.07 Å². The van der Waals surface area contributed by atoms with E-state index >= 15 is 0 Å². The van der Waals surface area contributed by atoms with E-state index in [1.54, 1.807) is 36.2 Å². The van der Waals surface area contributed by atoms with Crippen LogP contribution in [0.3, 0.4) is 0 Å². The topological polar surface area (TPSA) is 83.9 Å². The van der Waals surface area contributed by atoms with Crippen LogP contribution in [0.15, 0.2) is 30.3 Å². The van der Waals surface area contributed by atoms with Crippen molar-refractivity contribution in [2.24, 2.45) is 0 Å². The van der Waals surface area contributed by atoms with Crippen LogP contribution in [0.25, 0.3) is 0 Å². The Balaban J connectivity index is 2.54. The molecule has 6 nitrogen and oxygen atoms in total. The molecular formula is C13H17F2NO5S. The van der Waals surface area contributed by atoms with Crippen LogP contribution >= 0.6 is 0 Å². The first-order valence-corrected chi connectivity index (χ1v) is 7.80. The summed E-state index contributed by atoms with van der Waals surface area (Å²) in [5, 5.41) is -4.55. The van der Waals surface area contributed by atoms with Crippen LogP contribution in [-0.2, 0) is 19.6 Å². The highest BCUT2D eigenvalue weighted by Crippen LogP contribution is 2.27. The van der Waals surface area contributed by atoms with Gasteiger partial charge in [0.15, 0.2) is 6.10 Å². The van der Waals surface area contributed by atoms with Crippen LogP contribution in [0.2, 0.25) is 0 Å². The largest absolute Gasteiger partial charge is 0.455 e. The third-order valence-electron chi connectivity index (χ3n) is 2.97. The van der Waals surface area contributed by atoms with E-state index in [0.717, 1.165) is 5.69 Å². The summed E-state index contributed by atoms with van der Waals surface area (Å²) >= 11 is 0. The molecular weight excluding hydrogens is 320 g/mol. The Hall–Kier alpha value is -1.74. The SMILES string of the molecule is CC(OC(=O)CCN(C)c1ccccc1)C(F)(F)S(=O)(=O)O. The number of carbonyl (C=O) groups is 1. The fourth-order valence-corrected chi connectivity index (χ4v) is 2.07. The number of carbonyl (C=O) groups excluding carboxylic acids is 1. The summed E-state index contributed by atoms with van der Waals surface area (Å²) in [6.45, 7) is 0.902. The van der Waals surface area contributed by atoms with Crippen molar-refractivity contribution < 1.29 is 31.3 Å². The number of anilines is 1. The molecule has 0 aromatic heterocycles. The Bertz CT molecular complexity index is 606. The third-order valence-corrected chi connectivity index (χ3v) is 3.99. The minimum Gasteiger partial charge on any atom is -0.455 e. The molecule has 0 bridgehead atoms. The van der Waals surface area contributed by atoms with Crippen LogP contribution in [0.1, 0.15) is 13.3 Å². The first kappa shape index (κ1) is 18.3. The van der Waals surface area contributed by atoms with E-state index in [-0.39, 0.29) is 13.0 Å². The van der Waals surface area contributed by atoms with Crippen molar-refractivity contribution in [3.63, 3.8) is 0 Å². The molecule has 22 heavy (non-hydrogen) atoms. The van der Waals surface area contributed by atoms with Crippen molar-refractivity contribution in [3.05, 3.63) is 30.3 Å². The second kappa shape index (κ2) is 7.01. The standard InChI is InChI=1S/C13H17F2NO5S/c1-10(13(14,15)22(18,19)20)21-12(17)8-9-16(2)11-6-4-3-5-7-11/h3-7,10H,8-9H2,1-2H3,(H,18,19,20). The van der Waals surface area contributed by atoms with Gasteiger partial charge in [-0.05, 0) is 19.1 Å². The van der Waals surface area contributed by atoms with E-state index in [1.165, 1.54) is 0 Å². The summed E-state index contributed by atoms with van der Waals surface area (Å²) in [5.41, 5.74) is 0.826. The van der Waals surface area contributed by atoms with E-state index in [0.29, 0.717) is 6.92 Å². The van der Waals surface area contributed by atoms with Gasteiger partial charge in [-0.2, -0.15) is 17.2 Å². The highest BCUT2D eigenvalue weighted by Gasteiger charge is 2.51. The fraction of sp³-hybridized carbons (Fsp3) is 0.462. The second-order valence-electron chi connectivity index (χ2n) is 4.68. The predicted molar refractivity (Wildman–Crippen MR) is 76.4 cm³/mol. The van der Waals surface area contributed by atoms with E-state index < -0.39 is 27.4 Å². The maximum atomic E-state index is 13.2. The predicted octanol–water partition coefficient (Wildman–Crippen LogP) is 1.93. The lowest BCUT2D eigenvalue weighted by Crippen LogP contribution is -2.42. The molecule has 1 atom stereocenters. The Labute approximate surface area is 127 Å².